The molecule has 1 aromatic rings. The molecule has 0 saturated carbocycles. The molecular weight excluding hydrogens is 254 g/mol. The Morgan fingerprint density at radius 3 is 2.70 bits per heavy atom. The molecule has 0 fully saturated rings. The molecule has 1 amide bonds. The minimum absolute atomic E-state index is 0.168. The van der Waals surface area contributed by atoms with Gasteiger partial charge in [-0.05, 0) is 39.3 Å². The van der Waals surface area contributed by atoms with Crippen LogP contribution in [0.25, 0.3) is 0 Å². The van der Waals surface area contributed by atoms with Crippen LogP contribution < -0.4 is 5.32 Å². The largest absolute Gasteiger partial charge is 0.444 e. The molecule has 0 atom stereocenters. The second-order valence-electron chi connectivity index (χ2n) is 5.37. The zero-order valence-electron chi connectivity index (χ0n) is 12.2. The Hall–Kier alpha value is -2.28. The van der Waals surface area contributed by atoms with Crippen LogP contribution in [0.3, 0.4) is 0 Å². The standard InChI is InChI=1S/C16H19NO3/c1-12-7-8-14(11-18)13(10-12)6-5-9-17-15(19)20-16(2,3)4/h7-8,10-11H,9H2,1-4H3,(H,17,19). The zero-order valence-corrected chi connectivity index (χ0v) is 12.2. The molecule has 1 aromatic carbocycles. The molecule has 0 saturated heterocycles. The summed E-state index contributed by atoms with van der Waals surface area (Å²) < 4.78 is 5.08. The summed E-state index contributed by atoms with van der Waals surface area (Å²) in [6.45, 7) is 7.48. The summed E-state index contributed by atoms with van der Waals surface area (Å²) in [5, 5.41) is 2.54. The number of benzene rings is 1. The number of nitrogens with one attached hydrogen (secondary N) is 1. The van der Waals surface area contributed by atoms with Crippen LogP contribution in [0.2, 0.25) is 0 Å². The van der Waals surface area contributed by atoms with E-state index in [0.717, 1.165) is 11.8 Å². The first kappa shape index (κ1) is 15.8. The van der Waals surface area contributed by atoms with Gasteiger partial charge in [0.1, 0.15) is 5.60 Å². The molecule has 0 radical (unpaired) electrons. The highest BCUT2D eigenvalue weighted by Crippen LogP contribution is 2.08. The summed E-state index contributed by atoms with van der Waals surface area (Å²) in [5.74, 6) is 5.67. The predicted molar refractivity (Wildman–Crippen MR) is 77.7 cm³/mol. The molecule has 0 aromatic heterocycles. The lowest BCUT2D eigenvalue weighted by Crippen LogP contribution is -2.32. The van der Waals surface area contributed by atoms with E-state index in [0.29, 0.717) is 11.1 Å². The summed E-state index contributed by atoms with van der Waals surface area (Å²) >= 11 is 0. The maximum atomic E-state index is 11.4. The van der Waals surface area contributed by atoms with Crippen molar-refractivity contribution >= 4 is 12.4 Å². The van der Waals surface area contributed by atoms with Crippen molar-refractivity contribution in [3.05, 3.63) is 34.9 Å². The molecular formula is C16H19NO3. The first-order chi connectivity index (χ1) is 9.31. The van der Waals surface area contributed by atoms with Crippen molar-refractivity contribution in [2.75, 3.05) is 6.54 Å². The molecule has 1 N–H and O–H groups in total. The van der Waals surface area contributed by atoms with Gasteiger partial charge in [-0.1, -0.05) is 24.0 Å². The molecule has 4 nitrogen and oxygen atoms in total. The van der Waals surface area contributed by atoms with Crippen LogP contribution >= 0.6 is 0 Å². The smallest absolute Gasteiger partial charge is 0.408 e. The van der Waals surface area contributed by atoms with Gasteiger partial charge in [0, 0.05) is 11.1 Å². The number of aryl methyl sites for hydroxylation is 1. The van der Waals surface area contributed by atoms with Crippen LogP contribution in [-0.2, 0) is 4.74 Å². The fourth-order valence-electron chi connectivity index (χ4n) is 1.45. The van der Waals surface area contributed by atoms with E-state index in [1.54, 1.807) is 26.8 Å². The van der Waals surface area contributed by atoms with E-state index in [1.165, 1.54) is 0 Å². The molecule has 106 valence electrons. The average Bonchev–Trinajstić information content (AvgIpc) is 2.33. The van der Waals surface area contributed by atoms with E-state index < -0.39 is 11.7 Å². The molecule has 0 unspecified atom stereocenters. The highest BCUT2D eigenvalue weighted by atomic mass is 16.6. The Morgan fingerprint density at radius 2 is 2.10 bits per heavy atom. The first-order valence-corrected chi connectivity index (χ1v) is 6.33. The van der Waals surface area contributed by atoms with Crippen molar-refractivity contribution in [1.29, 1.82) is 0 Å². The van der Waals surface area contributed by atoms with Crippen molar-refractivity contribution in [2.45, 2.75) is 33.3 Å². The van der Waals surface area contributed by atoms with Crippen molar-refractivity contribution in [3.8, 4) is 11.8 Å². The first-order valence-electron chi connectivity index (χ1n) is 6.33. The summed E-state index contributed by atoms with van der Waals surface area (Å²) in [6, 6.07) is 5.42. The third-order valence-corrected chi connectivity index (χ3v) is 2.28. The minimum atomic E-state index is -0.529. The summed E-state index contributed by atoms with van der Waals surface area (Å²) in [6.07, 6.45) is 0.261. The molecule has 0 bridgehead atoms. The van der Waals surface area contributed by atoms with Gasteiger partial charge in [-0.3, -0.25) is 4.79 Å². The Bertz CT molecular complexity index is 559. The van der Waals surface area contributed by atoms with E-state index in [-0.39, 0.29) is 6.54 Å². The Labute approximate surface area is 119 Å². The maximum Gasteiger partial charge on any atom is 0.408 e. The number of alkyl carbamates (subject to hydrolysis) is 1. The molecule has 20 heavy (non-hydrogen) atoms. The molecule has 0 spiro atoms. The number of carbonyl (C=O) groups excluding carboxylic acids is 2. The third kappa shape index (κ3) is 5.57. The Balaban J connectivity index is 2.61. The van der Waals surface area contributed by atoms with Gasteiger partial charge in [-0.25, -0.2) is 4.79 Å². The number of aldehydes is 1. The van der Waals surface area contributed by atoms with Crippen LogP contribution in [-0.4, -0.2) is 24.5 Å². The summed E-state index contributed by atoms with van der Waals surface area (Å²) in [7, 11) is 0. The Morgan fingerprint density at radius 1 is 1.40 bits per heavy atom. The minimum Gasteiger partial charge on any atom is -0.444 e. The Kier molecular flexibility index (Phi) is 5.33. The lowest BCUT2D eigenvalue weighted by Gasteiger charge is -2.19. The van der Waals surface area contributed by atoms with Crippen molar-refractivity contribution in [1.82, 2.24) is 5.32 Å². The van der Waals surface area contributed by atoms with Crippen LogP contribution in [0.5, 0.6) is 0 Å². The lowest BCUT2D eigenvalue weighted by atomic mass is 10.1. The highest BCUT2D eigenvalue weighted by molar-refractivity contribution is 5.79. The maximum absolute atomic E-state index is 11.4. The van der Waals surface area contributed by atoms with Crippen LogP contribution in [0.1, 0.15) is 42.3 Å². The van der Waals surface area contributed by atoms with Gasteiger partial charge < -0.3 is 10.1 Å². The molecule has 0 aliphatic carbocycles. The molecule has 0 heterocycles. The van der Waals surface area contributed by atoms with Crippen molar-refractivity contribution in [2.24, 2.45) is 0 Å². The van der Waals surface area contributed by atoms with Crippen molar-refractivity contribution in [3.63, 3.8) is 0 Å². The van der Waals surface area contributed by atoms with Gasteiger partial charge in [0.2, 0.25) is 0 Å². The second kappa shape index (κ2) is 6.76. The third-order valence-electron chi connectivity index (χ3n) is 2.28. The molecule has 1 rings (SSSR count). The van der Waals surface area contributed by atoms with E-state index in [1.807, 2.05) is 19.1 Å². The lowest BCUT2D eigenvalue weighted by molar-refractivity contribution is 0.0535. The average molecular weight is 273 g/mol. The van der Waals surface area contributed by atoms with Crippen LogP contribution in [0.15, 0.2) is 18.2 Å². The van der Waals surface area contributed by atoms with Gasteiger partial charge in [-0.15, -0.1) is 0 Å². The SMILES string of the molecule is Cc1ccc(C=O)c(C#CCNC(=O)OC(C)(C)C)c1. The number of rotatable bonds is 2. The number of carbonyl (C=O) groups is 2. The summed E-state index contributed by atoms with van der Waals surface area (Å²) in [4.78, 5) is 22.3. The van der Waals surface area contributed by atoms with Crippen LogP contribution in [0, 0.1) is 18.8 Å². The van der Waals surface area contributed by atoms with E-state index in [4.69, 9.17) is 4.74 Å². The normalized spacial score (nSPS) is 10.2. The fourth-order valence-corrected chi connectivity index (χ4v) is 1.45. The summed E-state index contributed by atoms with van der Waals surface area (Å²) in [5.41, 5.74) is 1.70. The molecule has 4 heteroatoms. The number of ether oxygens (including phenoxy) is 1. The van der Waals surface area contributed by atoms with E-state index in [9.17, 15) is 9.59 Å². The van der Waals surface area contributed by atoms with E-state index >= 15 is 0 Å². The highest BCUT2D eigenvalue weighted by Gasteiger charge is 2.14. The number of amides is 1. The number of hydrogen-bond acceptors (Lipinski definition) is 3. The number of hydrogen-bond donors (Lipinski definition) is 1. The van der Waals surface area contributed by atoms with Gasteiger partial charge in [0.25, 0.3) is 0 Å². The zero-order chi connectivity index (χ0) is 15.2. The topological polar surface area (TPSA) is 55.4 Å². The monoisotopic (exact) mass is 273 g/mol. The molecule has 0 aliphatic heterocycles. The predicted octanol–water partition coefficient (Wildman–Crippen LogP) is 2.68. The second-order valence-corrected chi connectivity index (χ2v) is 5.37. The van der Waals surface area contributed by atoms with E-state index in [2.05, 4.69) is 17.2 Å². The fraction of sp³-hybridized carbons (Fsp3) is 0.375. The molecule has 0 aliphatic rings. The van der Waals surface area contributed by atoms with Crippen molar-refractivity contribution < 1.29 is 14.3 Å². The van der Waals surface area contributed by atoms with Crippen LogP contribution in [0.4, 0.5) is 4.79 Å². The van der Waals surface area contributed by atoms with Gasteiger partial charge in [0.05, 0.1) is 6.54 Å². The van der Waals surface area contributed by atoms with Gasteiger partial charge in [-0.2, -0.15) is 0 Å². The van der Waals surface area contributed by atoms with Gasteiger partial charge in [0.15, 0.2) is 6.29 Å². The van der Waals surface area contributed by atoms with Gasteiger partial charge >= 0.3 is 6.09 Å². The quantitative estimate of drug-likeness (QED) is 0.666.